The first kappa shape index (κ1) is 18.3. The molecule has 0 bridgehead atoms. The van der Waals surface area contributed by atoms with Crippen molar-refractivity contribution in [3.05, 3.63) is 22.8 Å². The molecule has 1 aliphatic heterocycles. The highest BCUT2D eigenvalue weighted by molar-refractivity contribution is 6.33. The average molecular weight is 354 g/mol. The summed E-state index contributed by atoms with van der Waals surface area (Å²) in [5, 5.41) is 18.4. The van der Waals surface area contributed by atoms with E-state index in [1.807, 2.05) is 9.80 Å². The maximum Gasteiger partial charge on any atom is 0.417 e. The van der Waals surface area contributed by atoms with Gasteiger partial charge in [-0.2, -0.15) is 13.2 Å². The van der Waals surface area contributed by atoms with E-state index in [9.17, 15) is 18.3 Å². The van der Waals surface area contributed by atoms with Gasteiger partial charge in [0.2, 0.25) is 0 Å². The molecule has 2 N–H and O–H groups in total. The van der Waals surface area contributed by atoms with Gasteiger partial charge >= 0.3 is 6.18 Å². The minimum absolute atomic E-state index is 0.0244. The van der Waals surface area contributed by atoms with Crippen molar-refractivity contribution < 1.29 is 23.4 Å². The fourth-order valence-electron chi connectivity index (χ4n) is 2.54. The van der Waals surface area contributed by atoms with Gasteiger partial charge in [-0.3, -0.25) is 4.90 Å². The number of β-amino-alcohol motifs (C(OH)–C–C–N with tert-alkyl or cyclic N) is 1. The van der Waals surface area contributed by atoms with Gasteiger partial charge in [-0.1, -0.05) is 11.6 Å². The van der Waals surface area contributed by atoms with Crippen LogP contribution in [0.5, 0.6) is 0 Å². The Morgan fingerprint density at radius 3 is 2.61 bits per heavy atom. The Kier molecular flexibility index (Phi) is 6.07. The van der Waals surface area contributed by atoms with Crippen LogP contribution < -0.4 is 4.90 Å². The SMILES string of the molecule is OCC(O)CN1CCCN(c2ncc(C(F)(F)F)cc2Cl)CC1. The van der Waals surface area contributed by atoms with E-state index in [1.165, 1.54) is 0 Å². The number of pyridine rings is 1. The van der Waals surface area contributed by atoms with Crippen LogP contribution in [0, 0.1) is 0 Å². The van der Waals surface area contributed by atoms with Crippen LogP contribution in [0.3, 0.4) is 0 Å². The highest BCUT2D eigenvalue weighted by atomic mass is 35.5. The summed E-state index contributed by atoms with van der Waals surface area (Å²) >= 11 is 5.97. The Hall–Kier alpha value is -1.09. The zero-order valence-corrected chi connectivity index (χ0v) is 13.2. The summed E-state index contributed by atoms with van der Waals surface area (Å²) in [5.41, 5.74) is -0.867. The normalized spacial score (nSPS) is 18.8. The van der Waals surface area contributed by atoms with Crippen LogP contribution in [0.2, 0.25) is 5.02 Å². The van der Waals surface area contributed by atoms with E-state index in [-0.39, 0.29) is 11.6 Å². The van der Waals surface area contributed by atoms with E-state index in [1.54, 1.807) is 0 Å². The lowest BCUT2D eigenvalue weighted by Gasteiger charge is -2.24. The van der Waals surface area contributed by atoms with Gasteiger partial charge in [0, 0.05) is 32.4 Å². The number of rotatable bonds is 4. The van der Waals surface area contributed by atoms with Crippen molar-refractivity contribution in [2.45, 2.75) is 18.7 Å². The average Bonchev–Trinajstić information content (AvgIpc) is 2.71. The Morgan fingerprint density at radius 1 is 1.26 bits per heavy atom. The van der Waals surface area contributed by atoms with Crippen LogP contribution in [0.1, 0.15) is 12.0 Å². The molecule has 0 spiro atoms. The van der Waals surface area contributed by atoms with Gasteiger partial charge in [-0.25, -0.2) is 4.98 Å². The number of hydrogen-bond acceptors (Lipinski definition) is 5. The number of alkyl halides is 3. The zero-order valence-electron chi connectivity index (χ0n) is 12.4. The lowest BCUT2D eigenvalue weighted by atomic mass is 10.2. The molecule has 1 fully saturated rings. The summed E-state index contributed by atoms with van der Waals surface area (Å²) < 4.78 is 38.0. The third-order valence-electron chi connectivity index (χ3n) is 3.72. The van der Waals surface area contributed by atoms with Gasteiger partial charge < -0.3 is 15.1 Å². The number of hydrogen-bond donors (Lipinski definition) is 2. The van der Waals surface area contributed by atoms with Crippen LogP contribution in [-0.2, 0) is 6.18 Å². The third-order valence-corrected chi connectivity index (χ3v) is 3.99. The monoisotopic (exact) mass is 353 g/mol. The van der Waals surface area contributed by atoms with Gasteiger partial charge in [0.15, 0.2) is 0 Å². The predicted octanol–water partition coefficient (Wildman–Crippen LogP) is 1.62. The maximum absolute atomic E-state index is 12.7. The Bertz CT molecular complexity index is 530. The van der Waals surface area contributed by atoms with E-state index in [0.29, 0.717) is 32.0 Å². The zero-order chi connectivity index (χ0) is 17.0. The molecule has 1 atom stereocenters. The second-order valence-corrected chi connectivity index (χ2v) is 5.91. The van der Waals surface area contributed by atoms with Crippen LogP contribution in [0.4, 0.5) is 19.0 Å². The summed E-state index contributed by atoms with van der Waals surface area (Å²) in [4.78, 5) is 7.72. The highest BCUT2D eigenvalue weighted by Crippen LogP contribution is 2.33. The molecule has 23 heavy (non-hydrogen) atoms. The van der Waals surface area contributed by atoms with Gasteiger partial charge in [-0.15, -0.1) is 0 Å². The van der Waals surface area contributed by atoms with E-state index >= 15 is 0 Å². The third kappa shape index (κ3) is 4.94. The van der Waals surface area contributed by atoms with Crippen molar-refractivity contribution in [1.29, 1.82) is 0 Å². The molecule has 1 unspecified atom stereocenters. The highest BCUT2D eigenvalue weighted by Gasteiger charge is 2.32. The quantitative estimate of drug-likeness (QED) is 0.861. The van der Waals surface area contributed by atoms with E-state index in [4.69, 9.17) is 16.7 Å². The number of aliphatic hydroxyl groups is 2. The summed E-state index contributed by atoms with van der Waals surface area (Å²) in [7, 11) is 0. The van der Waals surface area contributed by atoms with Gasteiger partial charge in [0.1, 0.15) is 5.82 Å². The van der Waals surface area contributed by atoms with Crippen molar-refractivity contribution in [3.8, 4) is 0 Å². The molecule has 130 valence electrons. The van der Waals surface area contributed by atoms with E-state index < -0.39 is 17.8 Å². The van der Waals surface area contributed by atoms with Gasteiger partial charge in [-0.05, 0) is 19.0 Å². The minimum atomic E-state index is -4.47. The molecule has 0 aliphatic carbocycles. The Labute approximate surface area is 137 Å². The molecular formula is C14H19ClF3N3O2. The molecule has 1 saturated heterocycles. The molecule has 1 aromatic rings. The maximum atomic E-state index is 12.7. The molecule has 2 rings (SSSR count). The number of nitrogens with zero attached hydrogens (tertiary/aromatic N) is 3. The van der Waals surface area contributed by atoms with Crippen LogP contribution >= 0.6 is 11.6 Å². The molecule has 0 saturated carbocycles. The lowest BCUT2D eigenvalue weighted by molar-refractivity contribution is -0.137. The van der Waals surface area contributed by atoms with Crippen LogP contribution in [-0.4, -0.2) is 65.5 Å². The van der Waals surface area contributed by atoms with Gasteiger partial charge in [0.05, 0.1) is 23.3 Å². The topological polar surface area (TPSA) is 59.8 Å². The van der Waals surface area contributed by atoms with Crippen molar-refractivity contribution in [2.24, 2.45) is 0 Å². The lowest BCUT2D eigenvalue weighted by Crippen LogP contribution is -2.37. The predicted molar refractivity (Wildman–Crippen MR) is 80.6 cm³/mol. The number of aromatic nitrogens is 1. The van der Waals surface area contributed by atoms with Crippen molar-refractivity contribution >= 4 is 17.4 Å². The molecule has 5 nitrogen and oxygen atoms in total. The first-order chi connectivity index (χ1) is 10.8. The molecule has 1 aromatic heterocycles. The fourth-order valence-corrected chi connectivity index (χ4v) is 2.83. The fraction of sp³-hybridized carbons (Fsp3) is 0.643. The van der Waals surface area contributed by atoms with Crippen molar-refractivity contribution in [1.82, 2.24) is 9.88 Å². The first-order valence-electron chi connectivity index (χ1n) is 7.30. The van der Waals surface area contributed by atoms with Crippen molar-refractivity contribution in [2.75, 3.05) is 44.2 Å². The van der Waals surface area contributed by atoms with Crippen LogP contribution in [0.25, 0.3) is 0 Å². The summed E-state index contributed by atoms with van der Waals surface area (Å²) in [6.07, 6.45) is -3.71. The number of halogens is 4. The molecule has 1 aliphatic rings. The van der Waals surface area contributed by atoms with E-state index in [2.05, 4.69) is 4.98 Å². The summed E-state index contributed by atoms with van der Waals surface area (Å²) in [5.74, 6) is 0.337. The molecule has 0 aromatic carbocycles. The number of anilines is 1. The second kappa shape index (κ2) is 7.65. The molecule has 0 radical (unpaired) electrons. The second-order valence-electron chi connectivity index (χ2n) is 5.50. The largest absolute Gasteiger partial charge is 0.417 e. The van der Waals surface area contributed by atoms with Crippen molar-refractivity contribution in [3.63, 3.8) is 0 Å². The van der Waals surface area contributed by atoms with Gasteiger partial charge in [0.25, 0.3) is 0 Å². The molecule has 0 amide bonds. The number of aliphatic hydroxyl groups excluding tert-OH is 2. The molecule has 2 heterocycles. The molecule has 9 heteroatoms. The standard InChI is InChI=1S/C14H19ClF3N3O2/c15-12-6-10(14(16,17)18)7-19-13(12)21-3-1-2-20(4-5-21)8-11(23)9-22/h6-7,11,22-23H,1-5,8-9H2. The smallest absolute Gasteiger partial charge is 0.394 e. The molecular weight excluding hydrogens is 335 g/mol. The minimum Gasteiger partial charge on any atom is -0.394 e. The Balaban J connectivity index is 2.05. The summed E-state index contributed by atoms with van der Waals surface area (Å²) in [6.45, 7) is 2.55. The first-order valence-corrected chi connectivity index (χ1v) is 7.68. The van der Waals surface area contributed by atoms with Crippen LogP contribution in [0.15, 0.2) is 12.3 Å². The Morgan fingerprint density at radius 2 is 2.00 bits per heavy atom. The van der Waals surface area contributed by atoms with E-state index in [0.717, 1.165) is 25.2 Å². The summed E-state index contributed by atoms with van der Waals surface area (Å²) in [6, 6.07) is 0.891.